The van der Waals surface area contributed by atoms with Crippen molar-refractivity contribution >= 4 is 23.6 Å². The minimum atomic E-state index is -0.255. The Balaban J connectivity index is 1.56. The molecule has 2 aromatic rings. The first-order valence-electron chi connectivity index (χ1n) is 10.9. The highest BCUT2D eigenvalue weighted by molar-refractivity contribution is 6.02. The predicted octanol–water partition coefficient (Wildman–Crippen LogP) is 4.81. The number of ether oxygens (including phenoxy) is 2. The van der Waals surface area contributed by atoms with Crippen LogP contribution in [0.25, 0.3) is 6.08 Å². The lowest BCUT2D eigenvalue weighted by atomic mass is 10.1. The molecule has 2 aromatic carbocycles. The van der Waals surface area contributed by atoms with E-state index >= 15 is 0 Å². The topological polar surface area (TPSA) is 76.7 Å². The first-order valence-corrected chi connectivity index (χ1v) is 10.9. The average molecular weight is 423 g/mol. The molecule has 1 fully saturated rings. The molecule has 0 bridgehead atoms. The third kappa shape index (κ3) is 6.60. The number of rotatable bonds is 9. The molecule has 0 radical (unpaired) electrons. The summed E-state index contributed by atoms with van der Waals surface area (Å²) in [7, 11) is 0. The largest absolute Gasteiger partial charge is 0.490 e. The molecule has 0 aliphatic heterocycles. The third-order valence-corrected chi connectivity index (χ3v) is 5.10. The van der Waals surface area contributed by atoms with E-state index in [-0.39, 0.29) is 17.9 Å². The van der Waals surface area contributed by atoms with E-state index in [0.29, 0.717) is 36.0 Å². The number of anilines is 1. The highest BCUT2D eigenvalue weighted by atomic mass is 16.5. The quantitative estimate of drug-likeness (QED) is 0.569. The summed E-state index contributed by atoms with van der Waals surface area (Å²) in [5, 5.41) is 5.87. The van der Waals surface area contributed by atoms with Gasteiger partial charge in [0.05, 0.1) is 13.2 Å². The van der Waals surface area contributed by atoms with Gasteiger partial charge in [-0.3, -0.25) is 9.59 Å². The van der Waals surface area contributed by atoms with Crippen LogP contribution >= 0.6 is 0 Å². The van der Waals surface area contributed by atoms with E-state index in [4.69, 9.17) is 9.47 Å². The summed E-state index contributed by atoms with van der Waals surface area (Å²) in [5.74, 6) is 1.02. The molecule has 0 unspecified atom stereocenters. The summed E-state index contributed by atoms with van der Waals surface area (Å²) >= 11 is 0. The molecule has 0 atom stereocenters. The van der Waals surface area contributed by atoms with Gasteiger partial charge in [0.25, 0.3) is 5.91 Å². The van der Waals surface area contributed by atoms with Crippen molar-refractivity contribution < 1.29 is 19.1 Å². The molecule has 2 amide bonds. The first-order chi connectivity index (χ1) is 15.1. The molecule has 0 aromatic heterocycles. The van der Waals surface area contributed by atoms with Crippen molar-refractivity contribution in [2.45, 2.75) is 45.6 Å². The molecule has 0 saturated heterocycles. The van der Waals surface area contributed by atoms with Gasteiger partial charge in [-0.1, -0.05) is 18.9 Å². The van der Waals surface area contributed by atoms with Gasteiger partial charge in [-0.05, 0) is 74.7 Å². The van der Waals surface area contributed by atoms with Crippen molar-refractivity contribution in [3.8, 4) is 11.5 Å². The Kier molecular flexibility index (Phi) is 8.10. The van der Waals surface area contributed by atoms with Crippen LogP contribution in [-0.4, -0.2) is 31.1 Å². The monoisotopic (exact) mass is 422 g/mol. The summed E-state index contributed by atoms with van der Waals surface area (Å²) in [6, 6.07) is 12.8. The molecular weight excluding hydrogens is 392 g/mol. The van der Waals surface area contributed by atoms with Crippen molar-refractivity contribution in [2.75, 3.05) is 18.5 Å². The lowest BCUT2D eigenvalue weighted by molar-refractivity contribution is -0.111. The molecule has 31 heavy (non-hydrogen) atoms. The number of benzene rings is 2. The zero-order chi connectivity index (χ0) is 22.1. The van der Waals surface area contributed by atoms with Gasteiger partial charge in [-0.2, -0.15) is 0 Å². The second-order valence-electron chi connectivity index (χ2n) is 7.43. The summed E-state index contributed by atoms with van der Waals surface area (Å²) in [6.45, 7) is 4.92. The molecule has 3 rings (SSSR count). The number of nitrogens with one attached hydrogen (secondary N) is 2. The first kappa shape index (κ1) is 22.4. The Morgan fingerprint density at radius 1 is 0.968 bits per heavy atom. The molecule has 6 heteroatoms. The Morgan fingerprint density at radius 3 is 2.32 bits per heavy atom. The fourth-order valence-corrected chi connectivity index (χ4v) is 3.57. The molecule has 2 N–H and O–H groups in total. The van der Waals surface area contributed by atoms with Crippen LogP contribution in [0.15, 0.2) is 48.5 Å². The summed E-state index contributed by atoms with van der Waals surface area (Å²) in [5.41, 5.74) is 2.06. The number of carbonyl (C=O) groups excluding carboxylic acids is 2. The standard InChI is InChI=1S/C25H30N2O4/c1-3-30-22-15-9-18(17-23(22)31-4-2)10-16-24(28)26-21-13-11-19(12-14-21)25(29)27-20-7-5-6-8-20/h9-17,20H,3-8H2,1-2H3,(H,26,28)(H,27,29). The number of hydrogen-bond acceptors (Lipinski definition) is 4. The summed E-state index contributed by atoms with van der Waals surface area (Å²) in [4.78, 5) is 24.6. The predicted molar refractivity (Wildman–Crippen MR) is 123 cm³/mol. The molecule has 6 nitrogen and oxygen atoms in total. The Hall–Kier alpha value is -3.28. The van der Waals surface area contributed by atoms with E-state index in [0.717, 1.165) is 18.4 Å². The van der Waals surface area contributed by atoms with Gasteiger partial charge < -0.3 is 20.1 Å². The van der Waals surface area contributed by atoms with Crippen molar-refractivity contribution in [3.63, 3.8) is 0 Å². The van der Waals surface area contributed by atoms with Crippen LogP contribution in [0, 0.1) is 0 Å². The van der Waals surface area contributed by atoms with Gasteiger partial charge >= 0.3 is 0 Å². The maximum absolute atomic E-state index is 12.3. The summed E-state index contributed by atoms with van der Waals surface area (Å²) in [6.07, 6.45) is 7.63. The maximum atomic E-state index is 12.3. The van der Waals surface area contributed by atoms with Gasteiger partial charge in [-0.15, -0.1) is 0 Å². The lowest BCUT2D eigenvalue weighted by Crippen LogP contribution is -2.32. The van der Waals surface area contributed by atoms with E-state index in [1.54, 1.807) is 30.3 Å². The lowest BCUT2D eigenvalue weighted by Gasteiger charge is -2.12. The van der Waals surface area contributed by atoms with E-state index in [2.05, 4.69) is 10.6 Å². The van der Waals surface area contributed by atoms with E-state index in [1.807, 2.05) is 32.0 Å². The van der Waals surface area contributed by atoms with Crippen LogP contribution in [-0.2, 0) is 4.79 Å². The zero-order valence-corrected chi connectivity index (χ0v) is 18.1. The third-order valence-electron chi connectivity index (χ3n) is 5.10. The second kappa shape index (κ2) is 11.2. The van der Waals surface area contributed by atoms with Gasteiger partial charge in [0.15, 0.2) is 11.5 Å². The van der Waals surface area contributed by atoms with Crippen molar-refractivity contribution in [3.05, 3.63) is 59.7 Å². The van der Waals surface area contributed by atoms with Gasteiger partial charge in [-0.25, -0.2) is 0 Å². The minimum Gasteiger partial charge on any atom is -0.490 e. The zero-order valence-electron chi connectivity index (χ0n) is 18.1. The fraction of sp³-hybridized carbons (Fsp3) is 0.360. The molecule has 0 spiro atoms. The van der Waals surface area contributed by atoms with E-state index in [9.17, 15) is 9.59 Å². The van der Waals surface area contributed by atoms with Crippen molar-refractivity contribution in [1.82, 2.24) is 5.32 Å². The van der Waals surface area contributed by atoms with Crippen LogP contribution in [0.5, 0.6) is 11.5 Å². The minimum absolute atomic E-state index is 0.0646. The Bertz CT molecular complexity index is 916. The van der Waals surface area contributed by atoms with Crippen LogP contribution < -0.4 is 20.1 Å². The molecule has 0 heterocycles. The van der Waals surface area contributed by atoms with Crippen LogP contribution in [0.4, 0.5) is 5.69 Å². The maximum Gasteiger partial charge on any atom is 0.251 e. The van der Waals surface area contributed by atoms with Crippen LogP contribution in [0.2, 0.25) is 0 Å². The molecular formula is C25H30N2O4. The Morgan fingerprint density at radius 2 is 1.65 bits per heavy atom. The second-order valence-corrected chi connectivity index (χ2v) is 7.43. The van der Waals surface area contributed by atoms with Gasteiger partial charge in [0.2, 0.25) is 5.91 Å². The molecule has 164 valence electrons. The van der Waals surface area contributed by atoms with E-state index in [1.165, 1.54) is 18.9 Å². The number of hydrogen-bond donors (Lipinski definition) is 2. The van der Waals surface area contributed by atoms with Gasteiger partial charge in [0, 0.05) is 23.4 Å². The molecule has 1 saturated carbocycles. The SMILES string of the molecule is CCOc1ccc(C=CC(=O)Nc2ccc(C(=O)NC3CCCC3)cc2)cc1OCC. The number of amides is 2. The van der Waals surface area contributed by atoms with Crippen LogP contribution in [0.3, 0.4) is 0 Å². The molecule has 1 aliphatic rings. The van der Waals surface area contributed by atoms with E-state index < -0.39 is 0 Å². The molecule has 1 aliphatic carbocycles. The number of carbonyl (C=O) groups is 2. The van der Waals surface area contributed by atoms with Crippen molar-refractivity contribution in [2.24, 2.45) is 0 Å². The highest BCUT2D eigenvalue weighted by Crippen LogP contribution is 2.29. The smallest absolute Gasteiger partial charge is 0.251 e. The average Bonchev–Trinajstić information content (AvgIpc) is 3.28. The van der Waals surface area contributed by atoms with Crippen LogP contribution in [0.1, 0.15) is 55.5 Å². The summed E-state index contributed by atoms with van der Waals surface area (Å²) < 4.78 is 11.2. The fourth-order valence-electron chi connectivity index (χ4n) is 3.57. The Labute approximate surface area is 183 Å². The van der Waals surface area contributed by atoms with Gasteiger partial charge in [0.1, 0.15) is 0 Å². The van der Waals surface area contributed by atoms with Crippen molar-refractivity contribution in [1.29, 1.82) is 0 Å². The highest BCUT2D eigenvalue weighted by Gasteiger charge is 2.17. The normalized spacial score (nSPS) is 13.9.